The predicted octanol–water partition coefficient (Wildman–Crippen LogP) is 6.04. The van der Waals surface area contributed by atoms with E-state index in [1.165, 1.54) is 23.1 Å². The van der Waals surface area contributed by atoms with Gasteiger partial charge in [0.25, 0.3) is 0 Å². The van der Waals surface area contributed by atoms with Crippen molar-refractivity contribution in [1.82, 2.24) is 4.90 Å². The van der Waals surface area contributed by atoms with Crippen molar-refractivity contribution in [2.75, 3.05) is 26.3 Å². The van der Waals surface area contributed by atoms with Crippen LogP contribution in [0, 0.1) is 5.92 Å². The first-order valence-electron chi connectivity index (χ1n) is 10.8. The van der Waals surface area contributed by atoms with Crippen LogP contribution in [-0.4, -0.2) is 31.2 Å². The van der Waals surface area contributed by atoms with Crippen molar-refractivity contribution in [2.45, 2.75) is 45.1 Å². The quantitative estimate of drug-likeness (QED) is 0.537. The number of hydrogen-bond donors (Lipinski definition) is 0. The molecular formula is C26H35NO. The molecule has 1 unspecified atom stereocenters. The van der Waals surface area contributed by atoms with E-state index in [0.29, 0.717) is 5.92 Å². The average Bonchev–Trinajstić information content (AvgIpc) is 3.03. The van der Waals surface area contributed by atoms with E-state index in [1.54, 1.807) is 0 Å². The molecule has 2 atom stereocenters. The van der Waals surface area contributed by atoms with Gasteiger partial charge >= 0.3 is 0 Å². The summed E-state index contributed by atoms with van der Waals surface area (Å²) in [7, 11) is 0. The highest BCUT2D eigenvalue weighted by atomic mass is 16.5. The fourth-order valence-corrected chi connectivity index (χ4v) is 4.89. The SMILES string of the molecule is C=CC[C@@H](C)/C(=C\C)C(C1=CCCCC=C1)(c1ccccc1)N1CCOCC1. The van der Waals surface area contributed by atoms with E-state index in [0.717, 1.165) is 45.6 Å². The van der Waals surface area contributed by atoms with Crippen LogP contribution >= 0.6 is 0 Å². The van der Waals surface area contributed by atoms with Gasteiger partial charge in [-0.3, -0.25) is 4.90 Å². The molecule has 28 heavy (non-hydrogen) atoms. The Bertz CT molecular complexity index is 724. The first-order chi connectivity index (χ1) is 13.7. The van der Waals surface area contributed by atoms with Crippen LogP contribution in [0.5, 0.6) is 0 Å². The maximum atomic E-state index is 5.75. The van der Waals surface area contributed by atoms with E-state index in [-0.39, 0.29) is 5.54 Å². The number of rotatable bonds is 7. The Morgan fingerprint density at radius 1 is 1.21 bits per heavy atom. The van der Waals surface area contributed by atoms with Crippen molar-refractivity contribution < 1.29 is 4.74 Å². The third-order valence-corrected chi connectivity index (χ3v) is 6.11. The second-order valence-corrected chi connectivity index (χ2v) is 7.84. The van der Waals surface area contributed by atoms with Crippen LogP contribution in [0.4, 0.5) is 0 Å². The topological polar surface area (TPSA) is 12.5 Å². The summed E-state index contributed by atoms with van der Waals surface area (Å²) in [6.45, 7) is 12.0. The summed E-state index contributed by atoms with van der Waals surface area (Å²) in [4.78, 5) is 2.66. The van der Waals surface area contributed by atoms with E-state index in [1.807, 2.05) is 0 Å². The van der Waals surface area contributed by atoms with Gasteiger partial charge in [-0.1, -0.05) is 67.6 Å². The molecule has 1 aliphatic heterocycles. The molecule has 1 aliphatic carbocycles. The molecule has 0 spiro atoms. The minimum Gasteiger partial charge on any atom is -0.379 e. The summed E-state index contributed by atoms with van der Waals surface area (Å²) in [5, 5.41) is 0. The van der Waals surface area contributed by atoms with Crippen molar-refractivity contribution in [3.8, 4) is 0 Å². The van der Waals surface area contributed by atoms with Crippen molar-refractivity contribution in [3.05, 3.63) is 84.0 Å². The van der Waals surface area contributed by atoms with Gasteiger partial charge in [-0.05, 0) is 55.2 Å². The zero-order valence-electron chi connectivity index (χ0n) is 17.6. The summed E-state index contributed by atoms with van der Waals surface area (Å²) in [6, 6.07) is 11.1. The third-order valence-electron chi connectivity index (χ3n) is 6.11. The van der Waals surface area contributed by atoms with Crippen LogP contribution < -0.4 is 0 Å². The third kappa shape index (κ3) is 4.09. The summed E-state index contributed by atoms with van der Waals surface area (Å²) >= 11 is 0. The summed E-state index contributed by atoms with van der Waals surface area (Å²) in [6.07, 6.45) is 16.1. The fraction of sp³-hybridized carbons (Fsp3) is 0.462. The largest absolute Gasteiger partial charge is 0.379 e. The van der Waals surface area contributed by atoms with E-state index in [9.17, 15) is 0 Å². The van der Waals surface area contributed by atoms with Crippen molar-refractivity contribution in [1.29, 1.82) is 0 Å². The van der Waals surface area contributed by atoms with Gasteiger partial charge < -0.3 is 4.74 Å². The van der Waals surface area contributed by atoms with Crippen molar-refractivity contribution in [3.63, 3.8) is 0 Å². The van der Waals surface area contributed by atoms with Crippen LogP contribution in [-0.2, 0) is 10.3 Å². The highest BCUT2D eigenvalue weighted by Crippen LogP contribution is 2.47. The Morgan fingerprint density at radius 2 is 1.96 bits per heavy atom. The molecular weight excluding hydrogens is 342 g/mol. The number of nitrogens with zero attached hydrogens (tertiary/aromatic N) is 1. The Morgan fingerprint density at radius 3 is 2.64 bits per heavy atom. The zero-order valence-corrected chi connectivity index (χ0v) is 17.6. The molecule has 3 rings (SSSR count). The van der Waals surface area contributed by atoms with Gasteiger partial charge in [-0.25, -0.2) is 0 Å². The molecule has 1 saturated heterocycles. The van der Waals surface area contributed by atoms with Crippen LogP contribution in [0.3, 0.4) is 0 Å². The lowest BCUT2D eigenvalue weighted by molar-refractivity contribution is -0.00171. The van der Waals surface area contributed by atoms with Crippen molar-refractivity contribution >= 4 is 0 Å². The molecule has 0 radical (unpaired) electrons. The lowest BCUT2D eigenvalue weighted by Crippen LogP contribution is -2.54. The number of hydrogen-bond acceptors (Lipinski definition) is 2. The highest BCUT2D eigenvalue weighted by molar-refractivity contribution is 5.51. The Labute approximate surface area is 171 Å². The summed E-state index contributed by atoms with van der Waals surface area (Å²) < 4.78 is 5.75. The Kier molecular flexibility index (Phi) is 7.47. The molecule has 0 saturated carbocycles. The van der Waals surface area contributed by atoms with E-state index in [2.05, 4.69) is 86.0 Å². The molecule has 2 nitrogen and oxygen atoms in total. The number of morpholine rings is 1. The second kappa shape index (κ2) is 10.0. The maximum absolute atomic E-state index is 5.75. The number of ether oxygens (including phenoxy) is 1. The van der Waals surface area contributed by atoms with Crippen LogP contribution in [0.15, 0.2) is 78.4 Å². The number of allylic oxidation sites excluding steroid dienone is 4. The molecule has 0 bridgehead atoms. The molecule has 0 amide bonds. The molecule has 2 heteroatoms. The summed E-state index contributed by atoms with van der Waals surface area (Å²) in [5.41, 5.74) is 4.00. The smallest absolute Gasteiger partial charge is 0.0933 e. The molecule has 1 fully saturated rings. The second-order valence-electron chi connectivity index (χ2n) is 7.84. The Balaban J connectivity index is 2.27. The van der Waals surface area contributed by atoms with Crippen LogP contribution in [0.25, 0.3) is 0 Å². The predicted molar refractivity (Wildman–Crippen MR) is 119 cm³/mol. The average molecular weight is 378 g/mol. The minimum absolute atomic E-state index is 0.247. The molecule has 1 aromatic carbocycles. The van der Waals surface area contributed by atoms with E-state index in [4.69, 9.17) is 4.74 Å². The van der Waals surface area contributed by atoms with Crippen LogP contribution in [0.1, 0.15) is 45.1 Å². The molecule has 1 aromatic rings. The highest BCUT2D eigenvalue weighted by Gasteiger charge is 2.45. The first-order valence-corrected chi connectivity index (χ1v) is 10.8. The molecule has 0 aromatic heterocycles. The number of benzene rings is 1. The van der Waals surface area contributed by atoms with Gasteiger partial charge in [0.05, 0.1) is 18.8 Å². The maximum Gasteiger partial charge on any atom is 0.0933 e. The monoisotopic (exact) mass is 377 g/mol. The minimum atomic E-state index is -0.247. The zero-order chi connectivity index (χ0) is 19.8. The van der Waals surface area contributed by atoms with Gasteiger partial charge in [0.2, 0.25) is 0 Å². The van der Waals surface area contributed by atoms with Gasteiger partial charge in [0.15, 0.2) is 0 Å². The Hall–Kier alpha value is -1.90. The molecule has 2 aliphatic rings. The first kappa shape index (κ1) is 20.8. The normalized spacial score (nSPS) is 22.1. The summed E-state index contributed by atoms with van der Waals surface area (Å²) in [5.74, 6) is 0.420. The lowest BCUT2D eigenvalue weighted by Gasteiger charge is -2.50. The van der Waals surface area contributed by atoms with Crippen LogP contribution in [0.2, 0.25) is 0 Å². The van der Waals surface area contributed by atoms with Crippen molar-refractivity contribution in [2.24, 2.45) is 5.92 Å². The lowest BCUT2D eigenvalue weighted by atomic mass is 9.69. The standard InChI is InChI=1S/C26H35NO/c1-4-13-22(3)25(5-2)26(24-16-11-8-12-17-24,27-18-20-28-21-19-27)23-14-9-6-7-10-15-23/h4-5,8-9,11-12,14-17,22H,1,6-7,10,13,18-21H2,2-3H3/b25-5+/t22-,26?/m1/s1. The van der Waals surface area contributed by atoms with Gasteiger partial charge in [0.1, 0.15) is 0 Å². The van der Waals surface area contributed by atoms with E-state index >= 15 is 0 Å². The molecule has 1 heterocycles. The van der Waals surface area contributed by atoms with E-state index < -0.39 is 0 Å². The molecule has 0 N–H and O–H groups in total. The van der Waals surface area contributed by atoms with Gasteiger partial charge in [-0.15, -0.1) is 6.58 Å². The fourth-order valence-electron chi connectivity index (χ4n) is 4.89. The molecule has 150 valence electrons. The van der Waals surface area contributed by atoms with Gasteiger partial charge in [0, 0.05) is 13.1 Å². The van der Waals surface area contributed by atoms with Gasteiger partial charge in [-0.2, -0.15) is 0 Å².